The van der Waals surface area contributed by atoms with Crippen molar-refractivity contribution in [2.24, 2.45) is 0 Å². The minimum absolute atomic E-state index is 0.0103. The van der Waals surface area contributed by atoms with Gasteiger partial charge >= 0.3 is 0 Å². The van der Waals surface area contributed by atoms with Crippen LogP contribution < -0.4 is 15.5 Å². The first-order valence-electron chi connectivity index (χ1n) is 6.99. The Hall–Kier alpha value is -1.59. The fourth-order valence-electron chi connectivity index (χ4n) is 1.92. The van der Waals surface area contributed by atoms with Crippen LogP contribution in [-0.2, 0) is 16.1 Å². The number of amides is 2. The van der Waals surface area contributed by atoms with E-state index in [1.807, 2.05) is 45.2 Å². The molecular formula is C15H23ClN3O2+. The molecule has 1 aromatic rings. The van der Waals surface area contributed by atoms with E-state index in [0.29, 0.717) is 18.1 Å². The molecule has 0 bridgehead atoms. The molecule has 2 amide bonds. The molecule has 1 unspecified atom stereocenters. The van der Waals surface area contributed by atoms with E-state index in [-0.39, 0.29) is 24.4 Å². The van der Waals surface area contributed by atoms with Crippen molar-refractivity contribution in [1.29, 1.82) is 0 Å². The first-order chi connectivity index (χ1) is 9.88. The summed E-state index contributed by atoms with van der Waals surface area (Å²) < 4.78 is 0. The van der Waals surface area contributed by atoms with Gasteiger partial charge in [0, 0.05) is 16.6 Å². The van der Waals surface area contributed by atoms with Crippen LogP contribution in [0.2, 0.25) is 5.02 Å². The van der Waals surface area contributed by atoms with Crippen LogP contribution in [-0.4, -0.2) is 38.0 Å². The van der Waals surface area contributed by atoms with E-state index in [2.05, 4.69) is 10.6 Å². The van der Waals surface area contributed by atoms with Crippen LogP contribution in [0.15, 0.2) is 24.3 Å². The number of halogens is 1. The van der Waals surface area contributed by atoms with Crippen molar-refractivity contribution in [3.8, 4) is 0 Å². The number of likely N-dealkylation sites (N-methyl/N-ethyl adjacent to an activating group) is 1. The predicted octanol–water partition coefficient (Wildman–Crippen LogP) is -0.00450. The van der Waals surface area contributed by atoms with Gasteiger partial charge in [0.2, 0.25) is 5.91 Å². The molecule has 5 nitrogen and oxygen atoms in total. The predicted molar refractivity (Wildman–Crippen MR) is 83.2 cm³/mol. The molecule has 0 radical (unpaired) electrons. The van der Waals surface area contributed by atoms with Crippen molar-refractivity contribution < 1.29 is 14.5 Å². The van der Waals surface area contributed by atoms with E-state index in [1.165, 1.54) is 0 Å². The lowest BCUT2D eigenvalue weighted by molar-refractivity contribution is -0.885. The maximum atomic E-state index is 11.8. The Morgan fingerprint density at radius 3 is 2.52 bits per heavy atom. The van der Waals surface area contributed by atoms with Crippen LogP contribution in [0.25, 0.3) is 0 Å². The molecule has 116 valence electrons. The average Bonchev–Trinajstić information content (AvgIpc) is 2.38. The zero-order valence-corrected chi connectivity index (χ0v) is 13.5. The van der Waals surface area contributed by atoms with Crippen LogP contribution in [0.1, 0.15) is 19.4 Å². The number of nitrogens with one attached hydrogen (secondary N) is 3. The van der Waals surface area contributed by atoms with Gasteiger partial charge in [-0.15, -0.1) is 0 Å². The number of rotatable bonds is 7. The minimum atomic E-state index is -0.179. The number of hydrogen-bond acceptors (Lipinski definition) is 2. The van der Waals surface area contributed by atoms with Crippen molar-refractivity contribution in [3.05, 3.63) is 34.9 Å². The van der Waals surface area contributed by atoms with E-state index in [0.717, 1.165) is 10.5 Å². The summed E-state index contributed by atoms with van der Waals surface area (Å²) in [6, 6.07) is 7.65. The average molecular weight is 313 g/mol. The summed E-state index contributed by atoms with van der Waals surface area (Å²) in [4.78, 5) is 24.2. The standard InChI is InChI=1S/C15H22ClN3O2/c1-11(2)18-14(20)8-17-15(21)10-19(3)9-12-6-4-5-7-13(12)16/h4-7,11H,8-10H2,1-3H3,(H,17,21)(H,18,20)/p+1. The Bertz CT molecular complexity index is 492. The van der Waals surface area contributed by atoms with Gasteiger partial charge in [0.25, 0.3) is 5.91 Å². The first-order valence-corrected chi connectivity index (χ1v) is 7.37. The van der Waals surface area contributed by atoms with Gasteiger partial charge in [-0.3, -0.25) is 9.59 Å². The lowest BCUT2D eigenvalue weighted by Crippen LogP contribution is -3.08. The third kappa shape index (κ3) is 7.11. The van der Waals surface area contributed by atoms with E-state index in [1.54, 1.807) is 0 Å². The molecule has 0 aliphatic heterocycles. The fraction of sp³-hybridized carbons (Fsp3) is 0.467. The second-order valence-corrected chi connectivity index (χ2v) is 5.81. The van der Waals surface area contributed by atoms with E-state index in [4.69, 9.17) is 11.6 Å². The molecule has 1 aromatic carbocycles. The van der Waals surface area contributed by atoms with Crippen molar-refractivity contribution in [2.75, 3.05) is 20.1 Å². The van der Waals surface area contributed by atoms with Crippen molar-refractivity contribution in [1.82, 2.24) is 10.6 Å². The van der Waals surface area contributed by atoms with E-state index in [9.17, 15) is 9.59 Å². The van der Waals surface area contributed by atoms with Gasteiger partial charge in [-0.05, 0) is 19.9 Å². The molecule has 6 heteroatoms. The highest BCUT2D eigenvalue weighted by Crippen LogP contribution is 2.13. The Morgan fingerprint density at radius 2 is 1.90 bits per heavy atom. The molecule has 0 heterocycles. The van der Waals surface area contributed by atoms with Gasteiger partial charge in [-0.25, -0.2) is 0 Å². The topological polar surface area (TPSA) is 62.6 Å². The summed E-state index contributed by atoms with van der Waals surface area (Å²) in [5, 5.41) is 6.04. The van der Waals surface area contributed by atoms with Crippen LogP contribution in [0.4, 0.5) is 0 Å². The van der Waals surface area contributed by atoms with E-state index < -0.39 is 0 Å². The summed E-state index contributed by atoms with van der Waals surface area (Å²) in [5.74, 6) is -0.333. The highest BCUT2D eigenvalue weighted by molar-refractivity contribution is 6.31. The molecule has 0 aliphatic carbocycles. The smallest absolute Gasteiger partial charge is 0.275 e. The maximum absolute atomic E-state index is 11.8. The summed E-state index contributed by atoms with van der Waals surface area (Å²) in [6.07, 6.45) is 0. The van der Waals surface area contributed by atoms with Crippen LogP contribution in [0.5, 0.6) is 0 Å². The summed E-state index contributed by atoms with van der Waals surface area (Å²) in [5.41, 5.74) is 1.00. The van der Waals surface area contributed by atoms with Gasteiger partial charge in [0.1, 0.15) is 6.54 Å². The number of carbonyl (C=O) groups excluding carboxylic acids is 2. The van der Waals surface area contributed by atoms with Crippen LogP contribution in [0, 0.1) is 0 Å². The molecule has 0 saturated carbocycles. The number of benzene rings is 1. The zero-order chi connectivity index (χ0) is 15.8. The third-order valence-corrected chi connectivity index (χ3v) is 3.18. The Labute approximate surface area is 130 Å². The van der Waals surface area contributed by atoms with Crippen molar-refractivity contribution in [3.63, 3.8) is 0 Å². The molecular weight excluding hydrogens is 290 g/mol. The molecule has 0 fully saturated rings. The molecule has 1 rings (SSSR count). The highest BCUT2D eigenvalue weighted by Gasteiger charge is 2.13. The second kappa shape index (κ2) is 8.64. The number of hydrogen-bond donors (Lipinski definition) is 3. The minimum Gasteiger partial charge on any atom is -0.352 e. The molecule has 1 atom stereocenters. The van der Waals surface area contributed by atoms with Crippen LogP contribution in [0.3, 0.4) is 0 Å². The Balaban J connectivity index is 2.34. The Kier molecular flexibility index (Phi) is 7.19. The monoisotopic (exact) mass is 312 g/mol. The first kappa shape index (κ1) is 17.5. The van der Waals surface area contributed by atoms with Crippen molar-refractivity contribution in [2.45, 2.75) is 26.4 Å². The largest absolute Gasteiger partial charge is 0.352 e. The zero-order valence-electron chi connectivity index (χ0n) is 12.7. The molecule has 0 spiro atoms. The molecule has 3 N–H and O–H groups in total. The number of carbonyl (C=O) groups is 2. The lowest BCUT2D eigenvalue weighted by atomic mass is 10.2. The Morgan fingerprint density at radius 1 is 1.24 bits per heavy atom. The molecule has 21 heavy (non-hydrogen) atoms. The molecule has 0 saturated heterocycles. The number of quaternary nitrogens is 1. The molecule has 0 aromatic heterocycles. The third-order valence-electron chi connectivity index (χ3n) is 2.81. The van der Waals surface area contributed by atoms with Gasteiger partial charge in [-0.2, -0.15) is 0 Å². The SMILES string of the molecule is CC(C)NC(=O)CNC(=O)C[NH+](C)Cc1ccccc1Cl. The van der Waals surface area contributed by atoms with Gasteiger partial charge in [-0.1, -0.05) is 29.8 Å². The van der Waals surface area contributed by atoms with Gasteiger partial charge in [0.05, 0.1) is 13.6 Å². The summed E-state index contributed by atoms with van der Waals surface area (Å²) >= 11 is 6.09. The second-order valence-electron chi connectivity index (χ2n) is 5.40. The van der Waals surface area contributed by atoms with Gasteiger partial charge < -0.3 is 15.5 Å². The van der Waals surface area contributed by atoms with Crippen molar-refractivity contribution >= 4 is 23.4 Å². The molecule has 0 aliphatic rings. The highest BCUT2D eigenvalue weighted by atomic mass is 35.5. The summed E-state index contributed by atoms with van der Waals surface area (Å²) in [7, 11) is 1.91. The summed E-state index contributed by atoms with van der Waals surface area (Å²) in [6.45, 7) is 4.71. The maximum Gasteiger partial charge on any atom is 0.275 e. The van der Waals surface area contributed by atoms with E-state index >= 15 is 0 Å². The normalized spacial score (nSPS) is 12.0. The fourth-order valence-corrected chi connectivity index (χ4v) is 2.12. The van der Waals surface area contributed by atoms with Crippen LogP contribution >= 0.6 is 11.6 Å². The lowest BCUT2D eigenvalue weighted by Gasteiger charge is -2.15. The quantitative estimate of drug-likeness (QED) is 0.663. The van der Waals surface area contributed by atoms with Gasteiger partial charge in [0.15, 0.2) is 6.54 Å².